The van der Waals surface area contributed by atoms with Crippen molar-refractivity contribution >= 4 is 3.21 Å². The van der Waals surface area contributed by atoms with Crippen molar-refractivity contribution in [2.45, 2.75) is 111 Å². The van der Waals surface area contributed by atoms with E-state index in [-0.39, 0.29) is 10.8 Å². The number of fused-ring (bicyclic) bond motifs is 3. The summed E-state index contributed by atoms with van der Waals surface area (Å²) < 4.78 is 1.80. The van der Waals surface area contributed by atoms with Crippen LogP contribution in [0.2, 0.25) is 0 Å². The third-order valence-corrected chi connectivity index (χ3v) is 8.35. The average Bonchev–Trinajstić information content (AvgIpc) is 3.43. The molecule has 5 rings (SSSR count). The molecule has 1 fully saturated rings. The summed E-state index contributed by atoms with van der Waals surface area (Å²) in [6.45, 7) is 18.2. The summed E-state index contributed by atoms with van der Waals surface area (Å²) in [5.41, 5.74) is 11.6. The van der Waals surface area contributed by atoms with Gasteiger partial charge in [0.1, 0.15) is 0 Å². The Morgan fingerprint density at radius 1 is 0.800 bits per heavy atom. The molecular weight excluding hydrogens is 500 g/mol. The van der Waals surface area contributed by atoms with Crippen LogP contribution in [0.1, 0.15) is 113 Å². The second kappa shape index (κ2) is 11.8. The minimum atomic E-state index is 0.163. The van der Waals surface area contributed by atoms with Gasteiger partial charge in [-0.2, -0.15) is 23.8 Å². The van der Waals surface area contributed by atoms with E-state index >= 15 is 0 Å². The van der Waals surface area contributed by atoms with E-state index in [0.717, 1.165) is 12.8 Å². The zero-order chi connectivity index (χ0) is 25.8. The van der Waals surface area contributed by atoms with Gasteiger partial charge in [-0.3, -0.25) is 6.08 Å². The third-order valence-electron chi connectivity index (χ3n) is 7.12. The maximum atomic E-state index is 3.69. The average molecular weight is 544 g/mol. The van der Waals surface area contributed by atoms with E-state index in [0.29, 0.717) is 0 Å². The summed E-state index contributed by atoms with van der Waals surface area (Å²) >= 11 is 1.69. The van der Waals surface area contributed by atoms with Gasteiger partial charge < -0.3 is 0 Å². The van der Waals surface area contributed by atoms with Gasteiger partial charge in [-0.1, -0.05) is 71.6 Å². The summed E-state index contributed by atoms with van der Waals surface area (Å²) in [4.78, 5) is 0. The molecule has 0 bridgehead atoms. The van der Waals surface area contributed by atoms with Crippen LogP contribution in [0.25, 0.3) is 11.1 Å². The Morgan fingerprint density at radius 2 is 1.43 bits per heavy atom. The maximum absolute atomic E-state index is 3.69. The molecule has 0 atom stereocenters. The van der Waals surface area contributed by atoms with Gasteiger partial charge in [0.25, 0.3) is 0 Å². The fraction of sp³-hybridized carbons (Fsp3) is 0.500. The van der Waals surface area contributed by atoms with Gasteiger partial charge in [0.15, 0.2) is 0 Å². The standard InChI is InChI=1S/C23H29.C6H10.C5H5.Zr/c1-14-9-16-11-17-10-15(2)21(23(6,7)8)13-19(17)18(16)12-20(14)22(3,4)5;1-2-4-6-5-3-1;1-2-4-5-3-1;/h9,12-13H,11H2,1-8H3;1-5H2;1-3H,4H2;/q-1;;-1;+2. The molecule has 3 aliphatic carbocycles. The molecule has 0 aliphatic heterocycles. The van der Waals surface area contributed by atoms with Crippen molar-refractivity contribution in [3.05, 3.63) is 82.0 Å². The minimum absolute atomic E-state index is 0.163. The van der Waals surface area contributed by atoms with Gasteiger partial charge in [-0.25, -0.2) is 12.2 Å². The molecule has 0 radical (unpaired) electrons. The van der Waals surface area contributed by atoms with Gasteiger partial charge in [0, 0.05) is 0 Å². The molecule has 0 nitrogen and oxygen atoms in total. The number of aryl methyl sites for hydroxylation is 2. The first kappa shape index (κ1) is 28.2. The van der Waals surface area contributed by atoms with Crippen molar-refractivity contribution in [1.82, 2.24) is 0 Å². The molecule has 3 aliphatic rings. The Balaban J connectivity index is 0.000000231. The van der Waals surface area contributed by atoms with E-state index in [1.807, 2.05) is 12.2 Å². The first-order valence-corrected chi connectivity index (χ1v) is 14.6. The van der Waals surface area contributed by atoms with Gasteiger partial charge in [-0.05, 0) is 35.4 Å². The van der Waals surface area contributed by atoms with Crippen molar-refractivity contribution < 1.29 is 24.2 Å². The van der Waals surface area contributed by atoms with Crippen molar-refractivity contribution in [2.24, 2.45) is 0 Å². The van der Waals surface area contributed by atoms with Crippen LogP contribution in [0, 0.1) is 26.0 Å². The summed E-state index contributed by atoms with van der Waals surface area (Å²) in [5, 5.41) is 0. The van der Waals surface area contributed by atoms with E-state index in [1.54, 1.807) is 27.4 Å². The van der Waals surface area contributed by atoms with Crippen LogP contribution in [0.15, 0.2) is 36.4 Å². The second-order valence-electron chi connectivity index (χ2n) is 12.4. The molecule has 0 spiro atoms. The topological polar surface area (TPSA) is 0 Å². The van der Waals surface area contributed by atoms with Crippen LogP contribution in [0.5, 0.6) is 0 Å². The Hall–Kier alpha value is -1.33. The molecule has 0 aromatic heterocycles. The molecule has 1 saturated carbocycles. The zero-order valence-electron chi connectivity index (χ0n) is 23.4. The van der Waals surface area contributed by atoms with Gasteiger partial charge in [0.05, 0.1) is 0 Å². The van der Waals surface area contributed by atoms with Crippen molar-refractivity contribution in [1.29, 1.82) is 0 Å². The zero-order valence-corrected chi connectivity index (χ0v) is 25.9. The van der Waals surface area contributed by atoms with Crippen LogP contribution in [-0.4, -0.2) is 3.21 Å². The Labute approximate surface area is 230 Å². The van der Waals surface area contributed by atoms with Crippen molar-refractivity contribution in [2.75, 3.05) is 0 Å². The van der Waals surface area contributed by atoms with Crippen molar-refractivity contribution in [3.63, 3.8) is 0 Å². The molecular formula is C34H44Zr. The first-order valence-electron chi connectivity index (χ1n) is 13.4. The van der Waals surface area contributed by atoms with Gasteiger partial charge >= 0.3 is 59.5 Å². The fourth-order valence-electron chi connectivity index (χ4n) is 5.34. The number of hydrogen-bond acceptors (Lipinski definition) is 0. The summed E-state index contributed by atoms with van der Waals surface area (Å²) in [7, 11) is 0. The molecule has 0 unspecified atom stereocenters. The predicted octanol–water partition coefficient (Wildman–Crippen LogP) is 9.25. The third kappa shape index (κ3) is 7.58. The number of allylic oxidation sites excluding steroid dienone is 4. The fourth-order valence-corrected chi connectivity index (χ4v) is 6.21. The van der Waals surface area contributed by atoms with Gasteiger partial charge in [0.2, 0.25) is 0 Å². The molecule has 184 valence electrons. The molecule has 0 saturated heterocycles. The normalized spacial score (nSPS) is 16.2. The van der Waals surface area contributed by atoms with E-state index in [1.165, 1.54) is 76.6 Å². The van der Waals surface area contributed by atoms with E-state index in [9.17, 15) is 0 Å². The van der Waals surface area contributed by atoms with Crippen LogP contribution in [-0.2, 0) is 41.5 Å². The summed E-state index contributed by atoms with van der Waals surface area (Å²) in [6, 6.07) is 10.9. The first-order chi connectivity index (χ1) is 16.4. The summed E-state index contributed by atoms with van der Waals surface area (Å²) in [5.74, 6) is 0. The molecule has 0 amide bonds. The van der Waals surface area contributed by atoms with Crippen LogP contribution in [0.3, 0.4) is 0 Å². The monoisotopic (exact) mass is 542 g/mol. The van der Waals surface area contributed by atoms with E-state index in [4.69, 9.17) is 0 Å². The molecule has 0 heterocycles. The molecule has 0 N–H and O–H groups in total. The van der Waals surface area contributed by atoms with Crippen LogP contribution in [0.4, 0.5) is 0 Å². The number of hydrogen-bond donors (Lipinski definition) is 0. The number of rotatable bonds is 0. The molecule has 2 aromatic carbocycles. The Kier molecular flexibility index (Phi) is 9.53. The van der Waals surface area contributed by atoms with Crippen LogP contribution >= 0.6 is 0 Å². The molecule has 35 heavy (non-hydrogen) atoms. The molecule has 2 aromatic rings. The van der Waals surface area contributed by atoms with E-state index < -0.39 is 0 Å². The Morgan fingerprint density at radius 3 is 1.89 bits per heavy atom. The predicted molar refractivity (Wildman–Crippen MR) is 150 cm³/mol. The Bertz CT molecular complexity index is 1030. The van der Waals surface area contributed by atoms with Gasteiger partial charge in [-0.15, -0.1) is 23.1 Å². The van der Waals surface area contributed by atoms with Crippen molar-refractivity contribution in [3.8, 4) is 11.1 Å². The quantitative estimate of drug-likeness (QED) is 0.248. The SMILES string of the molecule is Cc1[c-]c2c(cc1C(C)(C)C)-c1cc(C(C)(C)C)c(C)cc1C2.[C-]1=CC=CC1.[Zr+2]=[C]1CCCCC1. The van der Waals surface area contributed by atoms with E-state index in [2.05, 4.69) is 91.8 Å². The second-order valence-corrected chi connectivity index (χ2v) is 14.1. The summed E-state index contributed by atoms with van der Waals surface area (Å²) in [6.07, 6.45) is 18.3. The number of benzene rings is 2. The molecule has 1 heteroatoms. The van der Waals surface area contributed by atoms with Crippen LogP contribution < -0.4 is 0 Å².